The molecular weight excluding hydrogens is 401 g/mol. The second-order valence-corrected chi connectivity index (χ2v) is 6.91. The van der Waals surface area contributed by atoms with Crippen LogP contribution in [0.3, 0.4) is 0 Å². The van der Waals surface area contributed by atoms with E-state index in [4.69, 9.17) is 4.74 Å². The highest BCUT2D eigenvalue weighted by Gasteiger charge is 2.26. The van der Waals surface area contributed by atoms with Gasteiger partial charge in [-0.05, 0) is 36.8 Å². The third-order valence-corrected chi connectivity index (χ3v) is 4.03. The molecule has 2 amide bonds. The maximum absolute atomic E-state index is 12.4. The van der Waals surface area contributed by atoms with E-state index in [1.54, 1.807) is 32.9 Å². The van der Waals surface area contributed by atoms with Crippen molar-refractivity contribution in [3.05, 3.63) is 47.9 Å². The molecule has 1 atom stereocenters. The van der Waals surface area contributed by atoms with Gasteiger partial charge in [0.25, 0.3) is 5.91 Å². The number of nitrogens with one attached hydrogen (secondary N) is 2. The fourth-order valence-electron chi connectivity index (χ4n) is 2.29. The summed E-state index contributed by atoms with van der Waals surface area (Å²) in [6.45, 7) is 4.77. The van der Waals surface area contributed by atoms with Crippen LogP contribution in [0.15, 0.2) is 36.7 Å². The van der Waals surface area contributed by atoms with Gasteiger partial charge in [0.05, 0.1) is 25.3 Å². The Hall–Kier alpha value is -3.17. The van der Waals surface area contributed by atoms with Crippen LogP contribution in [-0.2, 0) is 4.79 Å². The number of nitrogens with zero attached hydrogens (tertiary/aromatic N) is 2. The molecule has 0 aliphatic carbocycles. The van der Waals surface area contributed by atoms with Gasteiger partial charge < -0.3 is 15.4 Å². The van der Waals surface area contributed by atoms with Crippen LogP contribution >= 0.6 is 0 Å². The molecule has 0 bridgehead atoms. The van der Waals surface area contributed by atoms with Crippen molar-refractivity contribution >= 4 is 17.6 Å². The number of carbonyl (C=O) groups is 2. The molecule has 2 rings (SSSR count). The highest BCUT2D eigenvalue weighted by molar-refractivity contribution is 5.93. The highest BCUT2D eigenvalue weighted by Crippen LogP contribution is 2.20. The summed E-state index contributed by atoms with van der Waals surface area (Å²) in [6.07, 6.45) is -2.65. The van der Waals surface area contributed by atoms with Crippen LogP contribution in [0.1, 0.15) is 49.3 Å². The lowest BCUT2D eigenvalue weighted by Gasteiger charge is -2.15. The normalized spacial score (nSPS) is 12.4. The van der Waals surface area contributed by atoms with Crippen LogP contribution in [0.2, 0.25) is 0 Å². The van der Waals surface area contributed by atoms with Gasteiger partial charge in [-0.3, -0.25) is 9.59 Å². The molecule has 0 radical (unpaired) electrons. The minimum absolute atomic E-state index is 0.0902. The summed E-state index contributed by atoms with van der Waals surface area (Å²) < 4.78 is 41.4. The molecule has 2 aromatic rings. The number of aromatic nitrogens is 2. The summed E-state index contributed by atoms with van der Waals surface area (Å²) in [5, 5.41) is 5.46. The van der Waals surface area contributed by atoms with Crippen molar-refractivity contribution in [3.63, 3.8) is 0 Å². The van der Waals surface area contributed by atoms with E-state index in [9.17, 15) is 22.8 Å². The van der Waals surface area contributed by atoms with E-state index in [1.165, 1.54) is 24.5 Å². The Morgan fingerprint density at radius 3 is 2.47 bits per heavy atom. The third kappa shape index (κ3) is 7.34. The van der Waals surface area contributed by atoms with Gasteiger partial charge in [-0.15, -0.1) is 0 Å². The molecule has 0 saturated carbocycles. The average Bonchev–Trinajstić information content (AvgIpc) is 2.67. The van der Waals surface area contributed by atoms with Crippen molar-refractivity contribution in [2.24, 2.45) is 5.92 Å². The molecule has 0 saturated heterocycles. The third-order valence-electron chi connectivity index (χ3n) is 4.03. The fraction of sp³-hybridized carbons (Fsp3) is 0.400. The SMILES string of the molecule is CC(C)C(=O)Nc1cc(C(C)NC(=O)c2ccc(OCCC(F)(F)F)cn2)ccn1. The van der Waals surface area contributed by atoms with Crippen molar-refractivity contribution in [3.8, 4) is 5.75 Å². The van der Waals surface area contributed by atoms with Gasteiger partial charge in [0.15, 0.2) is 0 Å². The van der Waals surface area contributed by atoms with Crippen LogP contribution in [0.4, 0.5) is 19.0 Å². The molecule has 162 valence electrons. The minimum atomic E-state index is -4.30. The first-order valence-electron chi connectivity index (χ1n) is 9.28. The molecular formula is C20H23F3N4O3. The van der Waals surface area contributed by atoms with Crippen LogP contribution in [-0.4, -0.2) is 34.6 Å². The van der Waals surface area contributed by atoms with Crippen molar-refractivity contribution in [1.82, 2.24) is 15.3 Å². The van der Waals surface area contributed by atoms with Gasteiger partial charge in [0, 0.05) is 12.1 Å². The van der Waals surface area contributed by atoms with E-state index in [0.29, 0.717) is 5.82 Å². The van der Waals surface area contributed by atoms with E-state index in [0.717, 1.165) is 5.56 Å². The summed E-state index contributed by atoms with van der Waals surface area (Å²) in [4.78, 5) is 32.2. The summed E-state index contributed by atoms with van der Waals surface area (Å²) in [7, 11) is 0. The van der Waals surface area contributed by atoms with E-state index in [2.05, 4.69) is 20.6 Å². The molecule has 7 nitrogen and oxygen atoms in total. The first-order valence-corrected chi connectivity index (χ1v) is 9.28. The number of ether oxygens (including phenoxy) is 1. The maximum Gasteiger partial charge on any atom is 0.392 e. The van der Waals surface area contributed by atoms with E-state index < -0.39 is 31.2 Å². The number of pyridine rings is 2. The molecule has 0 aliphatic rings. The molecule has 1 unspecified atom stereocenters. The minimum Gasteiger partial charge on any atom is -0.492 e. The fourth-order valence-corrected chi connectivity index (χ4v) is 2.29. The number of carbonyl (C=O) groups excluding carboxylic acids is 2. The average molecular weight is 424 g/mol. The molecule has 0 fully saturated rings. The monoisotopic (exact) mass is 424 g/mol. The van der Waals surface area contributed by atoms with E-state index >= 15 is 0 Å². The molecule has 2 heterocycles. The standard InChI is InChI=1S/C20H23F3N4O3/c1-12(2)18(28)27-17-10-14(6-8-24-17)13(3)26-19(29)16-5-4-15(11-25-16)30-9-7-20(21,22)23/h4-6,8,10-13H,7,9H2,1-3H3,(H,26,29)(H,24,27,28). The number of alkyl halides is 3. The number of hydrogen-bond donors (Lipinski definition) is 2. The summed E-state index contributed by atoms with van der Waals surface area (Å²) >= 11 is 0. The molecule has 0 aliphatic heterocycles. The number of amides is 2. The van der Waals surface area contributed by atoms with Gasteiger partial charge >= 0.3 is 6.18 Å². The Labute approximate surface area is 172 Å². The largest absolute Gasteiger partial charge is 0.492 e. The predicted octanol–water partition coefficient (Wildman–Crippen LogP) is 3.89. The second kappa shape index (κ2) is 10.0. The van der Waals surface area contributed by atoms with Gasteiger partial charge in [-0.1, -0.05) is 13.8 Å². The number of halogens is 3. The summed E-state index contributed by atoms with van der Waals surface area (Å²) in [5.41, 5.74) is 0.817. The van der Waals surface area contributed by atoms with E-state index in [-0.39, 0.29) is 23.3 Å². The van der Waals surface area contributed by atoms with E-state index in [1.807, 2.05) is 0 Å². The van der Waals surface area contributed by atoms with Crippen molar-refractivity contribution in [1.29, 1.82) is 0 Å². The van der Waals surface area contributed by atoms with Gasteiger partial charge in [0.2, 0.25) is 5.91 Å². The van der Waals surface area contributed by atoms with Crippen molar-refractivity contribution in [2.45, 2.75) is 39.4 Å². The first-order chi connectivity index (χ1) is 14.0. The lowest BCUT2D eigenvalue weighted by atomic mass is 10.1. The Balaban J connectivity index is 1.94. The predicted molar refractivity (Wildman–Crippen MR) is 104 cm³/mol. The van der Waals surface area contributed by atoms with Gasteiger partial charge in [-0.25, -0.2) is 9.97 Å². The molecule has 0 aromatic carbocycles. The lowest BCUT2D eigenvalue weighted by molar-refractivity contribution is -0.139. The molecule has 10 heteroatoms. The molecule has 0 spiro atoms. The Morgan fingerprint density at radius 2 is 1.87 bits per heavy atom. The number of anilines is 1. The summed E-state index contributed by atoms with van der Waals surface area (Å²) in [5.74, 6) is -0.305. The quantitative estimate of drug-likeness (QED) is 0.671. The highest BCUT2D eigenvalue weighted by atomic mass is 19.4. The number of rotatable bonds is 8. The van der Waals surface area contributed by atoms with Crippen LogP contribution < -0.4 is 15.4 Å². The van der Waals surface area contributed by atoms with Crippen molar-refractivity contribution in [2.75, 3.05) is 11.9 Å². The Kier molecular flexibility index (Phi) is 7.73. The smallest absolute Gasteiger partial charge is 0.392 e. The Bertz CT molecular complexity index is 870. The zero-order valence-electron chi connectivity index (χ0n) is 16.8. The second-order valence-electron chi connectivity index (χ2n) is 6.91. The lowest BCUT2D eigenvalue weighted by Crippen LogP contribution is -2.27. The Morgan fingerprint density at radius 1 is 1.13 bits per heavy atom. The zero-order valence-corrected chi connectivity index (χ0v) is 16.8. The van der Waals surface area contributed by atoms with Gasteiger partial charge in [0.1, 0.15) is 17.3 Å². The topological polar surface area (TPSA) is 93.2 Å². The summed E-state index contributed by atoms with van der Waals surface area (Å²) in [6, 6.07) is 5.72. The maximum atomic E-state index is 12.4. The molecule has 2 N–H and O–H groups in total. The molecule has 30 heavy (non-hydrogen) atoms. The van der Waals surface area contributed by atoms with Crippen LogP contribution in [0.5, 0.6) is 5.75 Å². The number of hydrogen-bond acceptors (Lipinski definition) is 5. The molecule has 2 aromatic heterocycles. The zero-order chi connectivity index (χ0) is 22.3. The first kappa shape index (κ1) is 23.1. The van der Waals surface area contributed by atoms with Crippen LogP contribution in [0.25, 0.3) is 0 Å². The van der Waals surface area contributed by atoms with Crippen LogP contribution in [0, 0.1) is 5.92 Å². The van der Waals surface area contributed by atoms with Gasteiger partial charge in [-0.2, -0.15) is 13.2 Å². The van der Waals surface area contributed by atoms with Crippen molar-refractivity contribution < 1.29 is 27.5 Å².